The van der Waals surface area contributed by atoms with E-state index in [0.29, 0.717) is 0 Å². The lowest BCUT2D eigenvalue weighted by Gasteiger charge is -1.88. The predicted molar refractivity (Wildman–Crippen MR) is 41.0 cm³/mol. The van der Waals surface area contributed by atoms with Crippen molar-refractivity contribution in [3.8, 4) is 0 Å². The first-order valence-corrected chi connectivity index (χ1v) is 3.04. The van der Waals surface area contributed by atoms with E-state index in [1.807, 2.05) is 20.1 Å². The Kier molecular flexibility index (Phi) is 4.78. The number of hydrogen-bond donors (Lipinski definition) is 1. The van der Waals surface area contributed by atoms with Gasteiger partial charge in [-0.1, -0.05) is 6.92 Å². The monoisotopic (exact) mass is 127 g/mol. The second-order valence-corrected chi connectivity index (χ2v) is 1.60. The standard InChI is InChI=1S/C6H13N3/c1-4-5-8-6(2)9-7-3/h5,7H,4H2,1-3H3/b8-5-,9-6-. The molecule has 0 unspecified atom stereocenters. The third-order valence-electron chi connectivity index (χ3n) is 0.734. The molecule has 0 rings (SSSR count). The van der Waals surface area contributed by atoms with E-state index in [1.165, 1.54) is 0 Å². The molecule has 3 nitrogen and oxygen atoms in total. The summed E-state index contributed by atoms with van der Waals surface area (Å²) in [6, 6.07) is 0. The van der Waals surface area contributed by atoms with Crippen molar-refractivity contribution in [2.45, 2.75) is 20.3 Å². The van der Waals surface area contributed by atoms with E-state index < -0.39 is 0 Å². The zero-order chi connectivity index (χ0) is 7.11. The number of nitrogens with one attached hydrogen (secondary N) is 1. The Balaban J connectivity index is 3.60. The second-order valence-electron chi connectivity index (χ2n) is 1.60. The summed E-state index contributed by atoms with van der Waals surface area (Å²) >= 11 is 0. The third-order valence-corrected chi connectivity index (χ3v) is 0.734. The van der Waals surface area contributed by atoms with E-state index >= 15 is 0 Å². The molecule has 1 N–H and O–H groups in total. The minimum Gasteiger partial charge on any atom is -0.311 e. The highest BCUT2D eigenvalue weighted by Crippen LogP contribution is 1.76. The number of hydrogen-bond acceptors (Lipinski definition) is 2. The van der Waals surface area contributed by atoms with Crippen molar-refractivity contribution in [1.29, 1.82) is 0 Å². The normalized spacial score (nSPS) is 12.6. The highest BCUT2D eigenvalue weighted by atomic mass is 15.3. The molecule has 0 heterocycles. The first-order valence-electron chi connectivity index (χ1n) is 3.04. The fourth-order valence-electron chi connectivity index (χ4n) is 0.414. The van der Waals surface area contributed by atoms with E-state index in [1.54, 1.807) is 7.05 Å². The number of nitrogens with zero attached hydrogens (tertiary/aromatic N) is 2. The zero-order valence-corrected chi connectivity index (χ0v) is 6.18. The summed E-state index contributed by atoms with van der Waals surface area (Å²) in [6.45, 7) is 3.89. The van der Waals surface area contributed by atoms with Crippen molar-refractivity contribution < 1.29 is 0 Å². The molecule has 0 aromatic heterocycles. The van der Waals surface area contributed by atoms with Crippen molar-refractivity contribution in [3.05, 3.63) is 0 Å². The van der Waals surface area contributed by atoms with Crippen molar-refractivity contribution in [2.75, 3.05) is 7.05 Å². The molecule has 0 aliphatic rings. The lowest BCUT2D eigenvalue weighted by Crippen LogP contribution is -1.98. The lowest BCUT2D eigenvalue weighted by molar-refractivity contribution is 0.896. The van der Waals surface area contributed by atoms with Gasteiger partial charge in [0.1, 0.15) is 5.84 Å². The summed E-state index contributed by atoms with van der Waals surface area (Å²) < 4.78 is 0. The van der Waals surface area contributed by atoms with Crippen LogP contribution >= 0.6 is 0 Å². The van der Waals surface area contributed by atoms with Gasteiger partial charge in [-0.3, -0.25) is 0 Å². The maximum atomic E-state index is 3.99. The smallest absolute Gasteiger partial charge is 0.144 e. The summed E-state index contributed by atoms with van der Waals surface area (Å²) in [5, 5.41) is 3.83. The molecule has 0 aromatic rings. The largest absolute Gasteiger partial charge is 0.311 e. The average molecular weight is 127 g/mol. The fraction of sp³-hybridized carbons (Fsp3) is 0.667. The number of amidine groups is 1. The Morgan fingerprint density at radius 2 is 2.33 bits per heavy atom. The molecule has 0 aliphatic carbocycles. The molecule has 0 spiro atoms. The summed E-state index contributed by atoms with van der Waals surface area (Å²) in [5.41, 5.74) is 2.65. The quantitative estimate of drug-likeness (QED) is 0.335. The van der Waals surface area contributed by atoms with Crippen LogP contribution in [0.25, 0.3) is 0 Å². The molecule has 0 amide bonds. The highest BCUT2D eigenvalue weighted by Gasteiger charge is 1.77. The van der Waals surface area contributed by atoms with Gasteiger partial charge in [0.15, 0.2) is 0 Å². The van der Waals surface area contributed by atoms with Gasteiger partial charge < -0.3 is 5.43 Å². The number of hydrazone groups is 1. The molecule has 52 valence electrons. The van der Waals surface area contributed by atoms with Crippen LogP contribution in [0.3, 0.4) is 0 Å². The highest BCUT2D eigenvalue weighted by molar-refractivity contribution is 5.87. The van der Waals surface area contributed by atoms with E-state index in [9.17, 15) is 0 Å². The summed E-state index contributed by atoms with van der Waals surface area (Å²) in [5.74, 6) is 0.763. The summed E-state index contributed by atoms with van der Waals surface area (Å²) in [6.07, 6.45) is 2.78. The molecule has 0 saturated heterocycles. The minimum atomic E-state index is 0.763. The minimum absolute atomic E-state index is 0.763. The predicted octanol–water partition coefficient (Wildman–Crippen LogP) is 1.02. The Morgan fingerprint density at radius 3 is 2.78 bits per heavy atom. The van der Waals surface area contributed by atoms with E-state index in [2.05, 4.69) is 15.5 Å². The maximum absolute atomic E-state index is 3.99. The molecule has 0 aliphatic heterocycles. The Morgan fingerprint density at radius 1 is 1.67 bits per heavy atom. The van der Waals surface area contributed by atoms with Gasteiger partial charge in [-0.25, -0.2) is 4.99 Å². The SMILES string of the molecule is CC/C=N\C(C)=N/NC. The lowest BCUT2D eigenvalue weighted by atomic mass is 10.5. The fourth-order valence-corrected chi connectivity index (χ4v) is 0.414. The van der Waals surface area contributed by atoms with Crippen molar-refractivity contribution in [3.63, 3.8) is 0 Å². The van der Waals surface area contributed by atoms with Gasteiger partial charge in [0.25, 0.3) is 0 Å². The van der Waals surface area contributed by atoms with Crippen molar-refractivity contribution in [2.24, 2.45) is 10.1 Å². The van der Waals surface area contributed by atoms with E-state index in [0.717, 1.165) is 12.3 Å². The first kappa shape index (κ1) is 8.14. The van der Waals surface area contributed by atoms with Crippen LogP contribution in [0.2, 0.25) is 0 Å². The molecule has 0 atom stereocenters. The van der Waals surface area contributed by atoms with Gasteiger partial charge in [0.2, 0.25) is 0 Å². The van der Waals surface area contributed by atoms with Crippen molar-refractivity contribution >= 4 is 12.1 Å². The molecule has 0 radical (unpaired) electrons. The van der Waals surface area contributed by atoms with Crippen LogP contribution in [-0.4, -0.2) is 19.1 Å². The van der Waals surface area contributed by atoms with E-state index in [-0.39, 0.29) is 0 Å². The van der Waals surface area contributed by atoms with Crippen LogP contribution in [0.4, 0.5) is 0 Å². The maximum Gasteiger partial charge on any atom is 0.144 e. The molecule has 3 heteroatoms. The second kappa shape index (κ2) is 5.28. The van der Waals surface area contributed by atoms with Crippen LogP contribution in [0, 0.1) is 0 Å². The van der Waals surface area contributed by atoms with Crippen LogP contribution in [-0.2, 0) is 0 Å². The average Bonchev–Trinajstić information content (AvgIpc) is 1.85. The van der Waals surface area contributed by atoms with Crippen LogP contribution in [0.15, 0.2) is 10.1 Å². The number of aliphatic imine (C=N–C) groups is 1. The molecule has 0 aromatic carbocycles. The van der Waals surface area contributed by atoms with Crippen molar-refractivity contribution in [1.82, 2.24) is 5.43 Å². The Hall–Kier alpha value is -0.860. The van der Waals surface area contributed by atoms with Gasteiger partial charge in [-0.15, -0.1) is 0 Å². The van der Waals surface area contributed by atoms with Crippen LogP contribution in [0.5, 0.6) is 0 Å². The molecule has 0 saturated carbocycles. The van der Waals surface area contributed by atoms with Crippen LogP contribution < -0.4 is 5.43 Å². The summed E-state index contributed by atoms with van der Waals surface area (Å²) in [7, 11) is 1.75. The number of rotatable bonds is 2. The van der Waals surface area contributed by atoms with Gasteiger partial charge in [0.05, 0.1) is 0 Å². The van der Waals surface area contributed by atoms with Gasteiger partial charge >= 0.3 is 0 Å². The molecular formula is C6H13N3. The first-order chi connectivity index (χ1) is 4.31. The Labute approximate surface area is 55.9 Å². The van der Waals surface area contributed by atoms with Gasteiger partial charge in [0, 0.05) is 13.3 Å². The Bertz CT molecular complexity index is 115. The topological polar surface area (TPSA) is 36.8 Å². The van der Waals surface area contributed by atoms with E-state index in [4.69, 9.17) is 0 Å². The summed E-state index contributed by atoms with van der Waals surface area (Å²) in [4.78, 5) is 3.99. The van der Waals surface area contributed by atoms with Gasteiger partial charge in [-0.2, -0.15) is 5.10 Å². The zero-order valence-electron chi connectivity index (χ0n) is 6.18. The molecular weight excluding hydrogens is 114 g/mol. The van der Waals surface area contributed by atoms with Gasteiger partial charge in [-0.05, 0) is 13.3 Å². The molecule has 0 bridgehead atoms. The molecule has 0 fully saturated rings. The van der Waals surface area contributed by atoms with Crippen LogP contribution in [0.1, 0.15) is 20.3 Å². The molecule has 9 heavy (non-hydrogen) atoms. The third kappa shape index (κ3) is 5.00.